The van der Waals surface area contributed by atoms with Crippen LogP contribution in [0.3, 0.4) is 0 Å². The number of carbonyl (C=O) groups is 4. The maximum absolute atomic E-state index is 12.4. The molecular weight excluding hydrogens is 404 g/mol. The van der Waals surface area contributed by atoms with Crippen LogP contribution < -0.4 is 20.1 Å². The lowest BCUT2D eigenvalue weighted by Crippen LogP contribution is -2.30. The third-order valence-electron chi connectivity index (χ3n) is 4.50. The van der Waals surface area contributed by atoms with Gasteiger partial charge in [0.15, 0.2) is 17.3 Å². The van der Waals surface area contributed by atoms with E-state index in [0.29, 0.717) is 41.5 Å². The first-order chi connectivity index (χ1) is 15.0. The van der Waals surface area contributed by atoms with E-state index in [1.165, 1.54) is 19.2 Å². The van der Waals surface area contributed by atoms with Gasteiger partial charge in [-0.15, -0.1) is 0 Å². The second-order valence-electron chi connectivity index (χ2n) is 6.67. The molecule has 9 nitrogen and oxygen atoms in total. The average molecular weight is 426 g/mol. The summed E-state index contributed by atoms with van der Waals surface area (Å²) >= 11 is 0. The van der Waals surface area contributed by atoms with Crippen molar-refractivity contribution in [3.8, 4) is 11.5 Å². The van der Waals surface area contributed by atoms with Gasteiger partial charge in [-0.3, -0.25) is 19.2 Å². The molecule has 0 saturated heterocycles. The van der Waals surface area contributed by atoms with Crippen LogP contribution in [0.5, 0.6) is 11.5 Å². The highest BCUT2D eigenvalue weighted by Gasteiger charge is 2.16. The summed E-state index contributed by atoms with van der Waals surface area (Å²) in [5.74, 6) is -0.366. The van der Waals surface area contributed by atoms with E-state index in [1.807, 2.05) is 0 Å². The number of anilines is 1. The van der Waals surface area contributed by atoms with E-state index >= 15 is 0 Å². The Morgan fingerprint density at radius 2 is 1.58 bits per heavy atom. The van der Waals surface area contributed by atoms with Crippen molar-refractivity contribution >= 4 is 29.3 Å². The number of rotatable bonds is 8. The summed E-state index contributed by atoms with van der Waals surface area (Å²) < 4.78 is 15.4. The van der Waals surface area contributed by atoms with Crippen molar-refractivity contribution in [2.24, 2.45) is 0 Å². The quantitative estimate of drug-likeness (QED) is 0.489. The van der Waals surface area contributed by atoms with Crippen LogP contribution in [0.25, 0.3) is 0 Å². The van der Waals surface area contributed by atoms with Crippen LogP contribution in [0.2, 0.25) is 0 Å². The maximum Gasteiger partial charge on any atom is 0.325 e. The second-order valence-corrected chi connectivity index (χ2v) is 6.67. The minimum Gasteiger partial charge on any atom is -0.486 e. The molecule has 0 aliphatic carbocycles. The molecule has 31 heavy (non-hydrogen) atoms. The van der Waals surface area contributed by atoms with Gasteiger partial charge >= 0.3 is 5.97 Å². The first kappa shape index (κ1) is 21.8. The number of methoxy groups -OCH3 is 1. The molecule has 0 atom stereocenters. The molecule has 0 bridgehead atoms. The fraction of sp³-hybridized carbons (Fsp3) is 0.273. The molecular formula is C22H22N2O7. The highest BCUT2D eigenvalue weighted by molar-refractivity contribution is 6.01. The SMILES string of the molecule is COC(=O)CNC(=O)c1ccc(NC(=O)CCC(=O)c2ccc3c(c2)OCCO3)cc1. The van der Waals surface area contributed by atoms with Gasteiger partial charge in [-0.1, -0.05) is 0 Å². The zero-order chi connectivity index (χ0) is 22.2. The van der Waals surface area contributed by atoms with E-state index in [0.717, 1.165) is 0 Å². The minimum atomic E-state index is -0.553. The summed E-state index contributed by atoms with van der Waals surface area (Å²) in [4.78, 5) is 47.6. The number of hydrogen-bond acceptors (Lipinski definition) is 7. The Morgan fingerprint density at radius 3 is 2.29 bits per heavy atom. The number of nitrogens with one attached hydrogen (secondary N) is 2. The summed E-state index contributed by atoms with van der Waals surface area (Å²) in [5, 5.41) is 5.10. The van der Waals surface area contributed by atoms with Crippen LogP contribution in [-0.4, -0.2) is 50.4 Å². The minimum absolute atomic E-state index is 0.00857. The Labute approximate surface area is 178 Å². The molecule has 1 heterocycles. The molecule has 1 aliphatic rings. The molecule has 2 aromatic carbocycles. The molecule has 1 aliphatic heterocycles. The normalized spacial score (nSPS) is 11.9. The number of ether oxygens (including phenoxy) is 3. The van der Waals surface area contributed by atoms with Gasteiger partial charge in [0.2, 0.25) is 5.91 Å². The van der Waals surface area contributed by atoms with Gasteiger partial charge in [-0.25, -0.2) is 0 Å². The molecule has 3 rings (SSSR count). The first-order valence-electron chi connectivity index (χ1n) is 9.64. The third kappa shape index (κ3) is 6.05. The fourth-order valence-electron chi connectivity index (χ4n) is 2.84. The van der Waals surface area contributed by atoms with Gasteiger partial charge < -0.3 is 24.8 Å². The highest BCUT2D eigenvalue weighted by Crippen LogP contribution is 2.31. The molecule has 2 aromatic rings. The van der Waals surface area contributed by atoms with Crippen molar-refractivity contribution in [2.45, 2.75) is 12.8 Å². The fourth-order valence-corrected chi connectivity index (χ4v) is 2.84. The Hall–Kier alpha value is -3.88. The lowest BCUT2D eigenvalue weighted by atomic mass is 10.1. The molecule has 0 fully saturated rings. The van der Waals surface area contributed by atoms with Crippen LogP contribution in [0.15, 0.2) is 42.5 Å². The number of hydrogen-bond donors (Lipinski definition) is 2. The zero-order valence-electron chi connectivity index (χ0n) is 16.9. The van der Waals surface area contributed by atoms with Crippen LogP contribution in [-0.2, 0) is 14.3 Å². The Bertz CT molecular complexity index is 986. The van der Waals surface area contributed by atoms with Crippen molar-refractivity contribution in [1.29, 1.82) is 0 Å². The molecule has 0 spiro atoms. The molecule has 2 amide bonds. The topological polar surface area (TPSA) is 120 Å². The first-order valence-corrected chi connectivity index (χ1v) is 9.64. The van der Waals surface area contributed by atoms with Gasteiger partial charge in [-0.05, 0) is 42.5 Å². The van der Waals surface area contributed by atoms with Gasteiger partial charge in [0.25, 0.3) is 5.91 Å². The van der Waals surface area contributed by atoms with E-state index in [4.69, 9.17) is 9.47 Å². The molecule has 2 N–H and O–H groups in total. The lowest BCUT2D eigenvalue weighted by molar-refractivity contribution is -0.139. The standard InChI is InChI=1S/C22H22N2O7/c1-29-21(27)13-23-22(28)14-2-5-16(6-3-14)24-20(26)9-7-17(25)15-4-8-18-19(12-15)31-11-10-30-18/h2-6,8,12H,7,9-11,13H2,1H3,(H,23,28)(H,24,26). The van der Waals surface area contributed by atoms with Gasteiger partial charge in [0.1, 0.15) is 19.8 Å². The van der Waals surface area contributed by atoms with E-state index in [9.17, 15) is 19.2 Å². The van der Waals surface area contributed by atoms with Crippen molar-refractivity contribution in [1.82, 2.24) is 5.32 Å². The maximum atomic E-state index is 12.4. The Balaban J connectivity index is 1.47. The average Bonchev–Trinajstić information content (AvgIpc) is 2.80. The van der Waals surface area contributed by atoms with Crippen LogP contribution in [0.1, 0.15) is 33.6 Å². The van der Waals surface area contributed by atoms with Gasteiger partial charge in [-0.2, -0.15) is 0 Å². The monoisotopic (exact) mass is 426 g/mol. The molecule has 0 aromatic heterocycles. The van der Waals surface area contributed by atoms with Crippen LogP contribution in [0, 0.1) is 0 Å². The number of benzene rings is 2. The smallest absolute Gasteiger partial charge is 0.325 e. The molecule has 0 radical (unpaired) electrons. The van der Waals surface area contributed by atoms with Crippen molar-refractivity contribution in [3.05, 3.63) is 53.6 Å². The predicted octanol–water partition coefficient (Wildman–Crippen LogP) is 1.96. The second kappa shape index (κ2) is 10.2. The predicted molar refractivity (Wildman–Crippen MR) is 110 cm³/mol. The van der Waals surface area contributed by atoms with Crippen LogP contribution >= 0.6 is 0 Å². The zero-order valence-corrected chi connectivity index (χ0v) is 16.9. The van der Waals surface area contributed by atoms with E-state index < -0.39 is 11.9 Å². The molecule has 9 heteroatoms. The Kier molecular flexibility index (Phi) is 7.21. The number of ketones is 1. The van der Waals surface area contributed by atoms with Crippen molar-refractivity contribution in [3.63, 3.8) is 0 Å². The lowest BCUT2D eigenvalue weighted by Gasteiger charge is -2.18. The third-order valence-corrected chi connectivity index (χ3v) is 4.50. The van der Waals surface area contributed by atoms with E-state index in [2.05, 4.69) is 15.4 Å². The summed E-state index contributed by atoms with van der Waals surface area (Å²) in [7, 11) is 1.23. The number of amides is 2. The van der Waals surface area contributed by atoms with Crippen LogP contribution in [0.4, 0.5) is 5.69 Å². The van der Waals surface area contributed by atoms with Crippen molar-refractivity contribution in [2.75, 3.05) is 32.2 Å². The largest absolute Gasteiger partial charge is 0.486 e. The number of Topliss-reactive ketones (excluding diaryl/α,β-unsaturated/α-hetero) is 1. The highest BCUT2D eigenvalue weighted by atomic mass is 16.6. The van der Waals surface area contributed by atoms with Gasteiger partial charge in [0, 0.05) is 29.7 Å². The van der Waals surface area contributed by atoms with E-state index in [1.54, 1.807) is 30.3 Å². The summed E-state index contributed by atoms with van der Waals surface area (Å²) in [6, 6.07) is 11.1. The molecule has 0 unspecified atom stereocenters. The number of fused-ring (bicyclic) bond motifs is 1. The summed E-state index contributed by atoms with van der Waals surface area (Å²) in [6.07, 6.45) is 0.0497. The van der Waals surface area contributed by atoms with E-state index in [-0.39, 0.29) is 31.1 Å². The van der Waals surface area contributed by atoms with Crippen molar-refractivity contribution < 1.29 is 33.4 Å². The molecule has 0 saturated carbocycles. The number of esters is 1. The summed E-state index contributed by atoms with van der Waals surface area (Å²) in [6.45, 7) is 0.670. The summed E-state index contributed by atoms with van der Waals surface area (Å²) in [5.41, 5.74) is 1.27. The van der Waals surface area contributed by atoms with Gasteiger partial charge in [0.05, 0.1) is 7.11 Å². The Morgan fingerprint density at radius 1 is 0.903 bits per heavy atom. The molecule has 162 valence electrons. The number of carbonyl (C=O) groups excluding carboxylic acids is 4.